The fraction of sp³-hybridized carbons (Fsp3) is 0.400. The lowest BCUT2D eigenvalue weighted by molar-refractivity contribution is -0.129. The minimum atomic E-state index is -1.73. The van der Waals surface area contributed by atoms with E-state index < -0.39 is 22.5 Å². The van der Waals surface area contributed by atoms with Crippen molar-refractivity contribution in [2.75, 3.05) is 18.5 Å². The topological polar surface area (TPSA) is 110 Å². The first-order valence-electron chi connectivity index (χ1n) is 5.62. The van der Waals surface area contributed by atoms with Gasteiger partial charge in [0.05, 0.1) is 0 Å². The van der Waals surface area contributed by atoms with Gasteiger partial charge in [-0.05, 0) is 6.92 Å². The number of hydrogen-bond donors (Lipinski definition) is 2. The molecule has 0 radical (unpaired) electrons. The molecule has 1 rings (SSSR count). The van der Waals surface area contributed by atoms with E-state index in [9.17, 15) is 9.59 Å². The van der Waals surface area contributed by atoms with Gasteiger partial charge in [0, 0.05) is 5.38 Å². The average molecular weight is 391 g/mol. The van der Waals surface area contributed by atoms with E-state index in [1.165, 1.54) is 5.38 Å². The number of halogens is 3. The summed E-state index contributed by atoms with van der Waals surface area (Å²) in [6.07, 6.45) is -0.897. The maximum Gasteiger partial charge on any atom is 0.413 e. The van der Waals surface area contributed by atoms with Crippen LogP contribution < -0.4 is 5.32 Å². The summed E-state index contributed by atoms with van der Waals surface area (Å²) in [4.78, 5) is 31.1. The fourth-order valence-electron chi connectivity index (χ4n) is 1.04. The van der Waals surface area contributed by atoms with Crippen LogP contribution in [0.3, 0.4) is 0 Å². The minimum Gasteiger partial charge on any atom is -0.476 e. The quantitative estimate of drug-likeness (QED) is 0.439. The van der Waals surface area contributed by atoms with E-state index in [2.05, 4.69) is 20.2 Å². The second kappa shape index (κ2) is 8.37. The van der Waals surface area contributed by atoms with Crippen molar-refractivity contribution in [1.82, 2.24) is 4.98 Å². The van der Waals surface area contributed by atoms with Crippen molar-refractivity contribution >= 4 is 69.0 Å². The molecule has 1 amide bonds. The van der Waals surface area contributed by atoms with E-state index in [-0.39, 0.29) is 23.1 Å². The van der Waals surface area contributed by atoms with Gasteiger partial charge in [-0.3, -0.25) is 5.32 Å². The number of oxime groups is 1. The van der Waals surface area contributed by atoms with Crippen molar-refractivity contribution in [3.63, 3.8) is 0 Å². The van der Waals surface area contributed by atoms with Gasteiger partial charge in [0.25, 0.3) is 0 Å². The molecule has 12 heteroatoms. The van der Waals surface area contributed by atoms with Crippen LogP contribution in [0.5, 0.6) is 0 Å². The van der Waals surface area contributed by atoms with Crippen LogP contribution in [0.2, 0.25) is 0 Å². The molecule has 0 unspecified atom stereocenters. The first-order valence-corrected chi connectivity index (χ1v) is 7.64. The highest BCUT2D eigenvalue weighted by Gasteiger charge is 2.23. The van der Waals surface area contributed by atoms with E-state index in [0.717, 1.165) is 11.3 Å². The van der Waals surface area contributed by atoms with Crippen LogP contribution in [-0.4, -0.2) is 44.9 Å². The van der Waals surface area contributed by atoms with Gasteiger partial charge in [0.1, 0.15) is 18.9 Å². The number of rotatable bonds is 6. The van der Waals surface area contributed by atoms with E-state index >= 15 is 0 Å². The molecule has 0 aromatic carbocycles. The van der Waals surface area contributed by atoms with E-state index in [1.54, 1.807) is 6.92 Å². The number of hydrogen-bond acceptors (Lipinski definition) is 7. The number of carboxylic acid groups (broad SMARTS) is 1. The molecule has 0 saturated carbocycles. The molecular weight excluding hydrogens is 381 g/mol. The first-order chi connectivity index (χ1) is 10.2. The fourth-order valence-corrected chi connectivity index (χ4v) is 1.88. The lowest BCUT2D eigenvalue weighted by Gasteiger charge is -2.10. The summed E-state index contributed by atoms with van der Waals surface area (Å²) in [5.74, 6) is -1.32. The Morgan fingerprint density at radius 3 is 2.73 bits per heavy atom. The third-order valence-corrected chi connectivity index (χ3v) is 2.90. The second-order valence-electron chi connectivity index (χ2n) is 3.52. The molecule has 1 aromatic heterocycles. The standard InChI is InChI=1S/C10H10Cl3N3O5S/c1-2-21-16-6(7(17)18)5-3-22-8(14-5)15-9(19)20-4-10(11,12)13/h3H,2,4H2,1H3,(H,17,18)(H,14,15,19). The number of ether oxygens (including phenoxy) is 1. The summed E-state index contributed by atoms with van der Waals surface area (Å²) in [5.41, 5.74) is -0.358. The molecule has 0 fully saturated rings. The van der Waals surface area contributed by atoms with Gasteiger partial charge in [-0.25, -0.2) is 14.6 Å². The number of carbonyl (C=O) groups excluding carboxylic acids is 1. The number of aromatic nitrogens is 1. The van der Waals surface area contributed by atoms with Gasteiger partial charge in [-0.1, -0.05) is 40.0 Å². The number of carboxylic acids is 1. The predicted molar refractivity (Wildman–Crippen MR) is 83.2 cm³/mol. The Hall–Kier alpha value is -1.29. The summed E-state index contributed by atoms with van der Waals surface area (Å²) in [7, 11) is 0. The van der Waals surface area contributed by atoms with Crippen molar-refractivity contribution < 1.29 is 24.3 Å². The molecule has 0 saturated heterocycles. The Labute approximate surface area is 143 Å². The minimum absolute atomic E-state index is 0.0302. The van der Waals surface area contributed by atoms with Gasteiger partial charge in [-0.2, -0.15) is 0 Å². The highest BCUT2D eigenvalue weighted by molar-refractivity contribution is 7.14. The molecule has 22 heavy (non-hydrogen) atoms. The molecule has 0 aliphatic carbocycles. The Morgan fingerprint density at radius 1 is 1.50 bits per heavy atom. The molecule has 2 N–H and O–H groups in total. The Kier molecular flexibility index (Phi) is 7.14. The summed E-state index contributed by atoms with van der Waals surface area (Å²) in [5, 5.41) is 16.2. The van der Waals surface area contributed by atoms with Crippen LogP contribution in [0.25, 0.3) is 0 Å². The molecule has 0 aliphatic rings. The molecule has 8 nitrogen and oxygen atoms in total. The van der Waals surface area contributed by atoms with Gasteiger partial charge < -0.3 is 14.7 Å². The zero-order chi connectivity index (χ0) is 16.8. The van der Waals surface area contributed by atoms with Crippen molar-refractivity contribution in [3.05, 3.63) is 11.1 Å². The van der Waals surface area contributed by atoms with E-state index in [4.69, 9.17) is 44.7 Å². The van der Waals surface area contributed by atoms with Crippen molar-refractivity contribution in [1.29, 1.82) is 0 Å². The van der Waals surface area contributed by atoms with E-state index in [1.807, 2.05) is 0 Å². The van der Waals surface area contributed by atoms with Crippen LogP contribution in [0.1, 0.15) is 12.6 Å². The molecule has 1 heterocycles. The normalized spacial score (nSPS) is 11.9. The number of nitrogens with one attached hydrogen (secondary N) is 1. The Bertz CT molecular complexity index is 572. The van der Waals surface area contributed by atoms with Gasteiger partial charge in [-0.15, -0.1) is 11.3 Å². The van der Waals surface area contributed by atoms with Crippen LogP contribution in [0.4, 0.5) is 9.93 Å². The molecular formula is C10H10Cl3N3O5S. The third kappa shape index (κ3) is 6.65. The van der Waals surface area contributed by atoms with Crippen LogP contribution in [0, 0.1) is 0 Å². The molecule has 0 spiro atoms. The Balaban J connectivity index is 2.71. The third-order valence-electron chi connectivity index (χ3n) is 1.81. The number of nitrogens with zero attached hydrogens (tertiary/aromatic N) is 2. The zero-order valence-corrected chi connectivity index (χ0v) is 14.1. The summed E-state index contributed by atoms with van der Waals surface area (Å²) < 4.78 is 2.91. The summed E-state index contributed by atoms with van der Waals surface area (Å²) >= 11 is 17.3. The Morgan fingerprint density at radius 2 is 2.18 bits per heavy atom. The zero-order valence-electron chi connectivity index (χ0n) is 11.0. The van der Waals surface area contributed by atoms with Crippen LogP contribution >= 0.6 is 46.1 Å². The smallest absolute Gasteiger partial charge is 0.413 e. The summed E-state index contributed by atoms with van der Waals surface area (Å²) in [6.45, 7) is 1.40. The molecule has 1 aromatic rings. The number of carbonyl (C=O) groups is 2. The van der Waals surface area contributed by atoms with Gasteiger partial charge in [0.2, 0.25) is 9.50 Å². The number of alkyl halides is 3. The monoisotopic (exact) mass is 389 g/mol. The van der Waals surface area contributed by atoms with E-state index in [0.29, 0.717) is 0 Å². The highest BCUT2D eigenvalue weighted by Crippen LogP contribution is 2.26. The SMILES string of the molecule is CCON=C(C(=O)O)c1csc(NC(=O)OCC(Cl)(Cl)Cl)n1. The molecule has 0 aliphatic heterocycles. The number of amides is 1. The number of thiazole rings is 1. The van der Waals surface area contributed by atoms with Crippen LogP contribution in [-0.2, 0) is 14.4 Å². The maximum absolute atomic E-state index is 11.4. The van der Waals surface area contributed by atoms with Crippen molar-refractivity contribution in [2.45, 2.75) is 10.7 Å². The second-order valence-corrected chi connectivity index (χ2v) is 6.89. The predicted octanol–water partition coefficient (Wildman–Crippen LogP) is 2.89. The van der Waals surface area contributed by atoms with Gasteiger partial charge in [0.15, 0.2) is 5.13 Å². The first kappa shape index (κ1) is 18.8. The maximum atomic E-state index is 11.4. The lowest BCUT2D eigenvalue weighted by atomic mass is 10.3. The summed E-state index contributed by atoms with van der Waals surface area (Å²) in [6, 6.07) is 0. The molecule has 0 atom stereocenters. The lowest BCUT2D eigenvalue weighted by Crippen LogP contribution is -2.21. The highest BCUT2D eigenvalue weighted by atomic mass is 35.6. The largest absolute Gasteiger partial charge is 0.476 e. The molecule has 122 valence electrons. The van der Waals surface area contributed by atoms with Crippen molar-refractivity contribution in [3.8, 4) is 0 Å². The number of anilines is 1. The van der Waals surface area contributed by atoms with Gasteiger partial charge >= 0.3 is 12.1 Å². The average Bonchev–Trinajstić information content (AvgIpc) is 2.84. The van der Waals surface area contributed by atoms with Crippen molar-refractivity contribution in [2.24, 2.45) is 5.16 Å². The molecule has 0 bridgehead atoms. The van der Waals surface area contributed by atoms with Crippen LogP contribution in [0.15, 0.2) is 10.5 Å². The number of aliphatic carboxylic acids is 1.